The smallest absolute Gasteiger partial charge is 0.329 e. The number of carboxylic acid groups (broad SMARTS) is 1. The van der Waals surface area contributed by atoms with E-state index in [2.05, 4.69) is 10.3 Å². The third-order valence-electron chi connectivity index (χ3n) is 3.28. The highest BCUT2D eigenvalue weighted by Gasteiger charge is 2.29. The molecule has 1 saturated heterocycles. The van der Waals surface area contributed by atoms with Crippen LogP contribution >= 0.6 is 11.3 Å². The van der Waals surface area contributed by atoms with Crippen molar-refractivity contribution in [2.75, 3.05) is 33.9 Å². The number of nitrogens with one attached hydrogen (secondary N) is 1. The molecule has 0 aliphatic carbocycles. The molecule has 2 heterocycles. The van der Waals surface area contributed by atoms with Crippen LogP contribution in [0.3, 0.4) is 0 Å². The number of hydrogen-bond acceptors (Lipinski definition) is 7. The highest BCUT2D eigenvalue weighted by atomic mass is 32.1. The van der Waals surface area contributed by atoms with Gasteiger partial charge in [-0.1, -0.05) is 0 Å². The van der Waals surface area contributed by atoms with E-state index in [1.54, 1.807) is 5.38 Å². The lowest BCUT2D eigenvalue weighted by molar-refractivity contribution is -0.148. The van der Waals surface area contributed by atoms with Crippen LogP contribution in [0.15, 0.2) is 5.38 Å². The SMILES string of the molecule is CN(C)Cc1nc(C(=O)N[C@@H]2CCOC[C@H]2OCC(=O)O)cs1. The Bertz CT molecular complexity index is 548. The number of ether oxygens (including phenoxy) is 2. The second kappa shape index (κ2) is 8.34. The highest BCUT2D eigenvalue weighted by molar-refractivity contribution is 7.09. The van der Waals surface area contributed by atoms with Crippen LogP contribution in [0.2, 0.25) is 0 Å². The normalized spacial score (nSPS) is 21.3. The molecule has 0 spiro atoms. The minimum Gasteiger partial charge on any atom is -0.480 e. The number of thiazole rings is 1. The maximum atomic E-state index is 12.3. The number of carboxylic acids is 1. The van der Waals surface area contributed by atoms with Crippen molar-refractivity contribution in [3.05, 3.63) is 16.1 Å². The first-order valence-corrected chi connectivity index (χ1v) is 8.15. The monoisotopic (exact) mass is 343 g/mol. The summed E-state index contributed by atoms with van der Waals surface area (Å²) in [6, 6.07) is -0.283. The van der Waals surface area contributed by atoms with E-state index in [0.717, 1.165) is 5.01 Å². The largest absolute Gasteiger partial charge is 0.480 e. The molecule has 8 nitrogen and oxygen atoms in total. The third-order valence-corrected chi connectivity index (χ3v) is 4.11. The molecule has 128 valence electrons. The van der Waals surface area contributed by atoms with Crippen molar-refractivity contribution in [2.45, 2.75) is 25.1 Å². The van der Waals surface area contributed by atoms with Gasteiger partial charge in [-0.05, 0) is 20.5 Å². The van der Waals surface area contributed by atoms with E-state index in [9.17, 15) is 9.59 Å². The number of aromatic nitrogens is 1. The summed E-state index contributed by atoms with van der Waals surface area (Å²) in [5.74, 6) is -1.32. The van der Waals surface area contributed by atoms with Gasteiger partial charge in [0.25, 0.3) is 5.91 Å². The zero-order valence-electron chi connectivity index (χ0n) is 13.2. The Morgan fingerprint density at radius 3 is 3.04 bits per heavy atom. The zero-order valence-corrected chi connectivity index (χ0v) is 14.0. The van der Waals surface area contributed by atoms with Crippen molar-refractivity contribution in [3.8, 4) is 0 Å². The summed E-state index contributed by atoms with van der Waals surface area (Å²) in [5, 5.41) is 14.2. The first kappa shape index (κ1) is 17.8. The van der Waals surface area contributed by atoms with Gasteiger partial charge in [0.1, 0.15) is 23.4 Å². The van der Waals surface area contributed by atoms with E-state index in [-0.39, 0.29) is 18.6 Å². The lowest BCUT2D eigenvalue weighted by Crippen LogP contribution is -2.50. The summed E-state index contributed by atoms with van der Waals surface area (Å²) in [5.41, 5.74) is 0.371. The highest BCUT2D eigenvalue weighted by Crippen LogP contribution is 2.15. The summed E-state index contributed by atoms with van der Waals surface area (Å²) in [6.07, 6.45) is 0.105. The van der Waals surface area contributed by atoms with Gasteiger partial charge in [0, 0.05) is 18.5 Å². The van der Waals surface area contributed by atoms with Crippen LogP contribution in [0.1, 0.15) is 21.9 Å². The minimum atomic E-state index is -1.05. The van der Waals surface area contributed by atoms with Gasteiger partial charge in [-0.15, -0.1) is 11.3 Å². The molecule has 1 aliphatic rings. The van der Waals surface area contributed by atoms with Gasteiger partial charge >= 0.3 is 5.97 Å². The van der Waals surface area contributed by atoms with Crippen LogP contribution in [-0.4, -0.2) is 72.9 Å². The van der Waals surface area contributed by atoms with Crippen molar-refractivity contribution < 1.29 is 24.2 Å². The Morgan fingerprint density at radius 1 is 1.57 bits per heavy atom. The molecule has 2 atom stereocenters. The van der Waals surface area contributed by atoms with E-state index in [4.69, 9.17) is 14.6 Å². The Balaban J connectivity index is 1.93. The molecule has 1 amide bonds. The molecule has 2 N–H and O–H groups in total. The molecule has 1 fully saturated rings. The molecular formula is C14H21N3O5S. The van der Waals surface area contributed by atoms with Crippen LogP contribution in [0.4, 0.5) is 0 Å². The Kier molecular flexibility index (Phi) is 6.46. The van der Waals surface area contributed by atoms with Crippen LogP contribution in [-0.2, 0) is 20.8 Å². The quantitative estimate of drug-likeness (QED) is 0.729. The van der Waals surface area contributed by atoms with E-state index >= 15 is 0 Å². The van der Waals surface area contributed by atoms with Gasteiger partial charge in [-0.2, -0.15) is 0 Å². The van der Waals surface area contributed by atoms with Gasteiger partial charge in [-0.3, -0.25) is 4.79 Å². The van der Waals surface area contributed by atoms with Gasteiger partial charge < -0.3 is 24.8 Å². The molecule has 23 heavy (non-hydrogen) atoms. The molecule has 0 radical (unpaired) electrons. The average molecular weight is 343 g/mol. The summed E-state index contributed by atoms with van der Waals surface area (Å²) in [7, 11) is 3.88. The lowest BCUT2D eigenvalue weighted by atomic mass is 10.1. The molecule has 0 bridgehead atoms. The van der Waals surface area contributed by atoms with E-state index < -0.39 is 18.7 Å². The van der Waals surface area contributed by atoms with Crippen molar-refractivity contribution in [2.24, 2.45) is 0 Å². The standard InChI is InChI=1S/C14H21N3O5S/c1-17(2)5-12-15-10(8-23-12)14(20)16-9-3-4-21-6-11(9)22-7-13(18)19/h8-9,11H,3-7H2,1-2H3,(H,16,20)(H,18,19)/t9-,11-/m1/s1. The Hall–Kier alpha value is -1.55. The van der Waals surface area contributed by atoms with Gasteiger partial charge in [0.2, 0.25) is 0 Å². The Labute approximate surface area is 138 Å². The van der Waals surface area contributed by atoms with Crippen LogP contribution in [0.25, 0.3) is 0 Å². The van der Waals surface area contributed by atoms with Crippen LogP contribution in [0.5, 0.6) is 0 Å². The third kappa shape index (κ3) is 5.54. The van der Waals surface area contributed by atoms with Crippen LogP contribution in [0, 0.1) is 0 Å². The summed E-state index contributed by atoms with van der Waals surface area (Å²) >= 11 is 1.44. The number of rotatable bonds is 7. The van der Waals surface area contributed by atoms with E-state index in [0.29, 0.717) is 25.3 Å². The molecule has 1 aromatic heterocycles. The number of nitrogens with zero attached hydrogens (tertiary/aromatic N) is 2. The summed E-state index contributed by atoms with van der Waals surface area (Å²) in [4.78, 5) is 29.2. The fraction of sp³-hybridized carbons (Fsp3) is 0.643. The molecule has 1 aliphatic heterocycles. The van der Waals surface area contributed by atoms with Crippen molar-refractivity contribution >= 4 is 23.2 Å². The molecule has 1 aromatic rings. The minimum absolute atomic E-state index is 0.265. The average Bonchev–Trinajstić information content (AvgIpc) is 2.94. The van der Waals surface area contributed by atoms with Gasteiger partial charge in [0.15, 0.2) is 0 Å². The van der Waals surface area contributed by atoms with Crippen LogP contribution < -0.4 is 5.32 Å². The fourth-order valence-corrected chi connectivity index (χ4v) is 3.11. The lowest BCUT2D eigenvalue weighted by Gasteiger charge is -2.31. The van der Waals surface area contributed by atoms with Crippen molar-refractivity contribution in [1.82, 2.24) is 15.2 Å². The number of aliphatic carboxylic acids is 1. The maximum absolute atomic E-state index is 12.3. The summed E-state index contributed by atoms with van der Waals surface area (Å²) in [6.45, 7) is 1.03. The van der Waals surface area contributed by atoms with Gasteiger partial charge in [-0.25, -0.2) is 9.78 Å². The predicted octanol–water partition coefficient (Wildman–Crippen LogP) is 0.193. The molecule has 2 rings (SSSR count). The molecule has 9 heteroatoms. The van der Waals surface area contributed by atoms with Gasteiger partial charge in [0.05, 0.1) is 12.6 Å². The molecule has 0 aromatic carbocycles. The fourth-order valence-electron chi connectivity index (χ4n) is 2.22. The van der Waals surface area contributed by atoms with Crippen molar-refractivity contribution in [1.29, 1.82) is 0 Å². The Morgan fingerprint density at radius 2 is 2.35 bits per heavy atom. The number of carbonyl (C=O) groups is 2. The second-order valence-electron chi connectivity index (χ2n) is 5.55. The van der Waals surface area contributed by atoms with E-state index in [1.807, 2.05) is 19.0 Å². The molecular weight excluding hydrogens is 322 g/mol. The molecule has 0 unspecified atom stereocenters. The molecule has 0 saturated carbocycles. The predicted molar refractivity (Wildman–Crippen MR) is 83.6 cm³/mol. The van der Waals surface area contributed by atoms with E-state index in [1.165, 1.54) is 11.3 Å². The number of hydrogen-bond donors (Lipinski definition) is 2. The topological polar surface area (TPSA) is 101 Å². The van der Waals surface area contributed by atoms with Crippen molar-refractivity contribution in [3.63, 3.8) is 0 Å². The first-order valence-electron chi connectivity index (χ1n) is 7.27. The second-order valence-corrected chi connectivity index (χ2v) is 6.49. The first-order chi connectivity index (χ1) is 11.0. The zero-order chi connectivity index (χ0) is 16.8. The number of carbonyl (C=O) groups excluding carboxylic acids is 1. The summed E-state index contributed by atoms with van der Waals surface area (Å²) < 4.78 is 10.6. The maximum Gasteiger partial charge on any atom is 0.329 e. The number of amides is 1.